The highest BCUT2D eigenvalue weighted by molar-refractivity contribution is 5.98. The van der Waals surface area contributed by atoms with Gasteiger partial charge in [-0.1, -0.05) is 13.3 Å². The molecule has 0 atom stereocenters. The number of carboxylic acids is 1. The van der Waals surface area contributed by atoms with Gasteiger partial charge >= 0.3 is 5.97 Å². The van der Waals surface area contributed by atoms with Crippen LogP contribution in [0.3, 0.4) is 0 Å². The summed E-state index contributed by atoms with van der Waals surface area (Å²) in [5.74, 6) is -0.737. The molecule has 4 N–H and O–H groups in total. The van der Waals surface area contributed by atoms with Gasteiger partial charge in [-0.15, -0.1) is 0 Å². The Balaban J connectivity index is 2.12. The molecular formula is C16H22N2O3. The normalized spacial score (nSPS) is 25.3. The number of aliphatic carboxylic acids is 1. The largest absolute Gasteiger partial charge is 0.480 e. The maximum atomic E-state index is 12.3. The van der Waals surface area contributed by atoms with Gasteiger partial charge in [-0.05, 0) is 55.9 Å². The molecule has 0 spiro atoms. The summed E-state index contributed by atoms with van der Waals surface area (Å²) in [7, 11) is 0. The standard InChI is InChI=1S/C16H22N2O3/c1-2-11-7-9-16(10-8-11,15(20)21)18-14(19)12-3-5-13(17)6-4-12/h3-6,11H,2,7-10,17H2,1H3,(H,18,19)(H,20,21). The Labute approximate surface area is 124 Å². The van der Waals surface area contributed by atoms with E-state index in [0.29, 0.717) is 30.0 Å². The molecule has 1 fully saturated rings. The molecule has 0 aromatic heterocycles. The first-order valence-corrected chi connectivity index (χ1v) is 7.38. The number of carbonyl (C=O) groups excluding carboxylic acids is 1. The molecule has 1 amide bonds. The van der Waals surface area contributed by atoms with Crippen LogP contribution in [0.1, 0.15) is 49.4 Å². The molecule has 1 aliphatic rings. The number of hydrogen-bond acceptors (Lipinski definition) is 3. The van der Waals surface area contributed by atoms with Gasteiger partial charge in [0.25, 0.3) is 5.91 Å². The minimum Gasteiger partial charge on any atom is -0.480 e. The highest BCUT2D eigenvalue weighted by Gasteiger charge is 2.43. The van der Waals surface area contributed by atoms with E-state index >= 15 is 0 Å². The third-order valence-electron chi connectivity index (χ3n) is 4.47. The molecule has 0 unspecified atom stereocenters. The van der Waals surface area contributed by atoms with Gasteiger partial charge in [0.05, 0.1) is 0 Å². The molecule has 0 radical (unpaired) electrons. The lowest BCUT2D eigenvalue weighted by Gasteiger charge is -2.37. The SMILES string of the molecule is CCC1CCC(NC(=O)c2ccc(N)cc2)(C(=O)O)CC1. The van der Waals surface area contributed by atoms with Crippen LogP contribution in [-0.4, -0.2) is 22.5 Å². The molecule has 1 saturated carbocycles. The molecule has 1 aliphatic carbocycles. The zero-order valence-electron chi connectivity index (χ0n) is 12.3. The summed E-state index contributed by atoms with van der Waals surface area (Å²) >= 11 is 0. The van der Waals surface area contributed by atoms with E-state index in [9.17, 15) is 14.7 Å². The van der Waals surface area contributed by atoms with Crippen LogP contribution in [0.2, 0.25) is 0 Å². The number of rotatable bonds is 4. The van der Waals surface area contributed by atoms with Gasteiger partial charge in [0.2, 0.25) is 0 Å². The molecule has 21 heavy (non-hydrogen) atoms. The van der Waals surface area contributed by atoms with E-state index in [0.717, 1.165) is 19.3 Å². The van der Waals surface area contributed by atoms with Crippen LogP contribution >= 0.6 is 0 Å². The van der Waals surface area contributed by atoms with E-state index in [1.807, 2.05) is 0 Å². The molecule has 0 heterocycles. The molecular weight excluding hydrogens is 268 g/mol. The fourth-order valence-electron chi connectivity index (χ4n) is 2.89. The molecule has 0 saturated heterocycles. The Hall–Kier alpha value is -2.04. The van der Waals surface area contributed by atoms with Crippen LogP contribution in [0.25, 0.3) is 0 Å². The summed E-state index contributed by atoms with van der Waals surface area (Å²) in [5, 5.41) is 12.3. The summed E-state index contributed by atoms with van der Waals surface area (Å²) in [4.78, 5) is 23.9. The first-order chi connectivity index (χ1) is 9.97. The van der Waals surface area contributed by atoms with E-state index in [4.69, 9.17) is 5.73 Å². The summed E-state index contributed by atoms with van der Waals surface area (Å²) < 4.78 is 0. The number of benzene rings is 1. The van der Waals surface area contributed by atoms with Gasteiger partial charge in [-0.2, -0.15) is 0 Å². The summed E-state index contributed by atoms with van der Waals surface area (Å²) in [6.07, 6.45) is 3.71. The number of anilines is 1. The van der Waals surface area contributed by atoms with Crippen molar-refractivity contribution >= 4 is 17.6 Å². The predicted octanol–water partition coefficient (Wildman–Crippen LogP) is 2.42. The van der Waals surface area contributed by atoms with E-state index in [2.05, 4.69) is 12.2 Å². The van der Waals surface area contributed by atoms with Crippen molar-refractivity contribution in [3.63, 3.8) is 0 Å². The Morgan fingerprint density at radius 1 is 1.29 bits per heavy atom. The van der Waals surface area contributed by atoms with Gasteiger partial charge in [0.15, 0.2) is 0 Å². The second kappa shape index (κ2) is 6.16. The number of amides is 1. The minimum atomic E-state index is -1.13. The topological polar surface area (TPSA) is 92.4 Å². The van der Waals surface area contributed by atoms with Crippen molar-refractivity contribution in [1.82, 2.24) is 5.32 Å². The van der Waals surface area contributed by atoms with Crippen molar-refractivity contribution in [3.8, 4) is 0 Å². The second-order valence-corrected chi connectivity index (χ2v) is 5.82. The number of hydrogen-bond donors (Lipinski definition) is 3. The minimum absolute atomic E-state index is 0.354. The van der Waals surface area contributed by atoms with E-state index in [1.54, 1.807) is 24.3 Å². The zero-order chi connectivity index (χ0) is 15.5. The van der Waals surface area contributed by atoms with Crippen LogP contribution in [-0.2, 0) is 4.79 Å². The van der Waals surface area contributed by atoms with E-state index in [-0.39, 0.29) is 5.91 Å². The quantitative estimate of drug-likeness (QED) is 0.742. The van der Waals surface area contributed by atoms with Crippen molar-refractivity contribution in [1.29, 1.82) is 0 Å². The van der Waals surface area contributed by atoms with Crippen molar-refractivity contribution in [2.75, 3.05) is 5.73 Å². The van der Waals surface area contributed by atoms with E-state index in [1.165, 1.54) is 0 Å². The van der Waals surface area contributed by atoms with Crippen molar-refractivity contribution in [2.24, 2.45) is 5.92 Å². The Kier molecular flexibility index (Phi) is 4.50. The van der Waals surface area contributed by atoms with Crippen molar-refractivity contribution < 1.29 is 14.7 Å². The maximum absolute atomic E-state index is 12.3. The first kappa shape index (κ1) is 15.4. The van der Waals surface area contributed by atoms with Crippen LogP contribution < -0.4 is 11.1 Å². The lowest BCUT2D eigenvalue weighted by molar-refractivity contribution is -0.146. The van der Waals surface area contributed by atoms with Gasteiger partial charge in [-0.3, -0.25) is 4.79 Å². The average molecular weight is 290 g/mol. The fourth-order valence-corrected chi connectivity index (χ4v) is 2.89. The molecule has 5 nitrogen and oxygen atoms in total. The molecule has 2 rings (SSSR count). The third kappa shape index (κ3) is 3.35. The number of carbonyl (C=O) groups is 2. The molecule has 0 bridgehead atoms. The molecule has 1 aromatic rings. The highest BCUT2D eigenvalue weighted by atomic mass is 16.4. The number of nitrogens with one attached hydrogen (secondary N) is 1. The van der Waals surface area contributed by atoms with Crippen molar-refractivity contribution in [3.05, 3.63) is 29.8 Å². The first-order valence-electron chi connectivity index (χ1n) is 7.38. The Morgan fingerprint density at radius 3 is 2.33 bits per heavy atom. The van der Waals surface area contributed by atoms with Gasteiger partial charge in [0, 0.05) is 11.3 Å². The molecule has 114 valence electrons. The van der Waals surface area contributed by atoms with Crippen LogP contribution in [0.5, 0.6) is 0 Å². The Bertz CT molecular complexity index is 517. The van der Waals surface area contributed by atoms with E-state index < -0.39 is 11.5 Å². The number of carboxylic acid groups (broad SMARTS) is 1. The maximum Gasteiger partial charge on any atom is 0.329 e. The Morgan fingerprint density at radius 2 is 1.86 bits per heavy atom. The second-order valence-electron chi connectivity index (χ2n) is 5.82. The van der Waals surface area contributed by atoms with Gasteiger partial charge in [-0.25, -0.2) is 4.79 Å². The molecule has 1 aromatic carbocycles. The summed E-state index contributed by atoms with van der Waals surface area (Å²) in [6.45, 7) is 2.12. The highest BCUT2D eigenvalue weighted by Crippen LogP contribution is 2.34. The third-order valence-corrected chi connectivity index (χ3v) is 4.47. The summed E-state index contributed by atoms with van der Waals surface area (Å²) in [5.41, 5.74) is 5.46. The molecule has 0 aliphatic heterocycles. The van der Waals surface area contributed by atoms with Gasteiger partial charge in [0.1, 0.15) is 5.54 Å². The lowest BCUT2D eigenvalue weighted by atomic mass is 9.75. The number of nitrogens with two attached hydrogens (primary N) is 1. The molecule has 5 heteroatoms. The monoisotopic (exact) mass is 290 g/mol. The zero-order valence-corrected chi connectivity index (χ0v) is 12.3. The average Bonchev–Trinajstić information content (AvgIpc) is 2.48. The lowest BCUT2D eigenvalue weighted by Crippen LogP contribution is -2.56. The van der Waals surface area contributed by atoms with Crippen LogP contribution in [0.4, 0.5) is 5.69 Å². The fraction of sp³-hybridized carbons (Fsp3) is 0.500. The van der Waals surface area contributed by atoms with Crippen molar-refractivity contribution in [2.45, 2.75) is 44.6 Å². The summed E-state index contributed by atoms with van der Waals surface area (Å²) in [6, 6.07) is 6.49. The van der Waals surface area contributed by atoms with Crippen LogP contribution in [0, 0.1) is 5.92 Å². The van der Waals surface area contributed by atoms with Gasteiger partial charge < -0.3 is 16.2 Å². The predicted molar refractivity (Wildman–Crippen MR) is 80.9 cm³/mol. The number of nitrogen functional groups attached to an aromatic ring is 1. The van der Waals surface area contributed by atoms with Crippen LogP contribution in [0.15, 0.2) is 24.3 Å². The smallest absolute Gasteiger partial charge is 0.329 e.